The van der Waals surface area contributed by atoms with Gasteiger partial charge in [-0.25, -0.2) is 0 Å². The van der Waals surface area contributed by atoms with Gasteiger partial charge in [0, 0.05) is 13.2 Å². The zero-order chi connectivity index (χ0) is 13.9. The Bertz CT molecular complexity index is 212. The van der Waals surface area contributed by atoms with Gasteiger partial charge >= 0.3 is 5.97 Å². The highest BCUT2D eigenvalue weighted by molar-refractivity contribution is 5.73. The minimum atomic E-state index is -0.724. The number of rotatable bonds is 12. The van der Waals surface area contributed by atoms with E-state index in [1.807, 2.05) is 0 Å². The first-order chi connectivity index (χ1) is 8.50. The van der Waals surface area contributed by atoms with Crippen LogP contribution >= 0.6 is 0 Å². The van der Waals surface area contributed by atoms with E-state index in [-0.39, 0.29) is 0 Å². The van der Waals surface area contributed by atoms with E-state index in [4.69, 9.17) is 9.84 Å². The Hall–Kier alpha value is -0.570. The van der Waals surface area contributed by atoms with Crippen molar-refractivity contribution in [3.63, 3.8) is 0 Å². The predicted octanol–water partition coefficient (Wildman–Crippen LogP) is 4.25. The molecule has 0 aromatic heterocycles. The third-order valence-corrected chi connectivity index (χ3v) is 3.31. The Morgan fingerprint density at radius 1 is 1.00 bits per heavy atom. The zero-order valence-corrected chi connectivity index (χ0v) is 12.3. The van der Waals surface area contributed by atoms with Crippen LogP contribution in [0.25, 0.3) is 0 Å². The van der Waals surface area contributed by atoms with Gasteiger partial charge in [0.25, 0.3) is 0 Å². The first-order valence-corrected chi connectivity index (χ1v) is 7.32. The van der Waals surface area contributed by atoms with Crippen LogP contribution in [0, 0.1) is 5.41 Å². The lowest BCUT2D eigenvalue weighted by atomic mass is 9.88. The molecule has 0 aliphatic rings. The first-order valence-electron chi connectivity index (χ1n) is 7.32. The molecule has 0 aliphatic carbocycles. The van der Waals surface area contributed by atoms with E-state index in [1.54, 1.807) is 13.8 Å². The van der Waals surface area contributed by atoms with Crippen molar-refractivity contribution in [2.24, 2.45) is 5.41 Å². The summed E-state index contributed by atoms with van der Waals surface area (Å²) in [6.45, 7) is 7.26. The largest absolute Gasteiger partial charge is 0.481 e. The Morgan fingerprint density at radius 3 is 2.17 bits per heavy atom. The van der Waals surface area contributed by atoms with E-state index >= 15 is 0 Å². The Morgan fingerprint density at radius 2 is 1.56 bits per heavy atom. The van der Waals surface area contributed by atoms with Gasteiger partial charge in [-0.05, 0) is 33.1 Å². The maximum absolute atomic E-state index is 10.9. The molecule has 0 saturated carbocycles. The maximum Gasteiger partial charge on any atom is 0.309 e. The molecule has 0 radical (unpaired) electrons. The highest BCUT2D eigenvalue weighted by atomic mass is 16.5. The van der Waals surface area contributed by atoms with Crippen LogP contribution in [0.5, 0.6) is 0 Å². The first kappa shape index (κ1) is 17.4. The van der Waals surface area contributed by atoms with Crippen LogP contribution in [0.3, 0.4) is 0 Å². The minimum absolute atomic E-state index is 0.622. The van der Waals surface area contributed by atoms with Crippen LogP contribution in [0.4, 0.5) is 0 Å². The predicted molar refractivity (Wildman–Crippen MR) is 74.8 cm³/mol. The molecule has 3 nitrogen and oxygen atoms in total. The van der Waals surface area contributed by atoms with Crippen molar-refractivity contribution in [2.75, 3.05) is 13.2 Å². The molecule has 0 spiro atoms. The molecule has 0 aromatic rings. The van der Waals surface area contributed by atoms with E-state index in [9.17, 15) is 4.79 Å². The topological polar surface area (TPSA) is 46.5 Å². The van der Waals surface area contributed by atoms with Crippen LogP contribution in [0.1, 0.15) is 72.1 Å². The molecule has 0 amide bonds. The molecule has 0 aromatic carbocycles. The summed E-state index contributed by atoms with van der Waals surface area (Å²) in [5.41, 5.74) is -0.622. The molecule has 0 unspecified atom stereocenters. The van der Waals surface area contributed by atoms with E-state index in [0.717, 1.165) is 19.4 Å². The number of hydrogen-bond donors (Lipinski definition) is 1. The molecular formula is C15H30O3. The van der Waals surface area contributed by atoms with E-state index in [1.165, 1.54) is 32.1 Å². The van der Waals surface area contributed by atoms with E-state index in [0.29, 0.717) is 13.0 Å². The van der Waals surface area contributed by atoms with Gasteiger partial charge in [0.2, 0.25) is 0 Å². The molecule has 0 heterocycles. The van der Waals surface area contributed by atoms with Gasteiger partial charge in [-0.15, -0.1) is 0 Å². The van der Waals surface area contributed by atoms with Gasteiger partial charge in [0.1, 0.15) is 0 Å². The summed E-state index contributed by atoms with van der Waals surface area (Å²) in [5, 5.41) is 8.94. The summed E-state index contributed by atoms with van der Waals surface area (Å²) < 4.78 is 5.52. The molecule has 0 atom stereocenters. The van der Waals surface area contributed by atoms with E-state index < -0.39 is 11.4 Å². The van der Waals surface area contributed by atoms with Gasteiger partial charge in [0.05, 0.1) is 5.41 Å². The average Bonchev–Trinajstić information content (AvgIpc) is 2.31. The molecule has 1 N–H and O–H groups in total. The number of carbonyl (C=O) groups is 1. The van der Waals surface area contributed by atoms with Crippen molar-refractivity contribution in [3.8, 4) is 0 Å². The number of carboxylic acids is 1. The van der Waals surface area contributed by atoms with E-state index in [2.05, 4.69) is 6.92 Å². The lowest BCUT2D eigenvalue weighted by molar-refractivity contribution is -0.147. The van der Waals surface area contributed by atoms with Crippen molar-refractivity contribution < 1.29 is 14.6 Å². The third kappa shape index (κ3) is 9.46. The lowest BCUT2D eigenvalue weighted by Crippen LogP contribution is -2.23. The maximum atomic E-state index is 10.9. The van der Waals surface area contributed by atoms with Gasteiger partial charge < -0.3 is 9.84 Å². The normalized spacial score (nSPS) is 11.7. The summed E-state index contributed by atoms with van der Waals surface area (Å²) in [6, 6.07) is 0. The molecule has 18 heavy (non-hydrogen) atoms. The number of carboxylic acid groups (broad SMARTS) is 1. The SMILES string of the molecule is CCCCCCCCOCCCC(C)(C)C(=O)O. The van der Waals surface area contributed by atoms with Gasteiger partial charge in [-0.1, -0.05) is 39.0 Å². The van der Waals surface area contributed by atoms with Crippen molar-refractivity contribution in [3.05, 3.63) is 0 Å². The second-order valence-electron chi connectivity index (χ2n) is 5.67. The number of aliphatic carboxylic acids is 1. The Labute approximate surface area is 112 Å². The molecule has 0 fully saturated rings. The standard InChI is InChI=1S/C15H30O3/c1-4-5-6-7-8-9-12-18-13-10-11-15(2,3)14(16)17/h4-13H2,1-3H3,(H,16,17). The summed E-state index contributed by atoms with van der Waals surface area (Å²) in [5.74, 6) is -0.724. The molecule has 0 bridgehead atoms. The zero-order valence-electron chi connectivity index (χ0n) is 12.3. The number of hydrogen-bond acceptors (Lipinski definition) is 2. The second-order valence-corrected chi connectivity index (χ2v) is 5.67. The minimum Gasteiger partial charge on any atom is -0.481 e. The summed E-state index contributed by atoms with van der Waals surface area (Å²) >= 11 is 0. The molecule has 0 saturated heterocycles. The number of unbranched alkanes of at least 4 members (excludes halogenated alkanes) is 5. The van der Waals surface area contributed by atoms with Gasteiger partial charge in [-0.3, -0.25) is 4.79 Å². The highest BCUT2D eigenvalue weighted by Crippen LogP contribution is 2.22. The third-order valence-electron chi connectivity index (χ3n) is 3.31. The summed E-state index contributed by atoms with van der Waals surface area (Å²) in [6.07, 6.45) is 9.16. The molecular weight excluding hydrogens is 228 g/mol. The quantitative estimate of drug-likeness (QED) is 0.532. The molecule has 0 aliphatic heterocycles. The Balaban J connectivity index is 3.24. The lowest BCUT2D eigenvalue weighted by Gasteiger charge is -2.18. The monoisotopic (exact) mass is 258 g/mol. The van der Waals surface area contributed by atoms with Crippen molar-refractivity contribution in [1.82, 2.24) is 0 Å². The fourth-order valence-electron chi connectivity index (χ4n) is 1.81. The fourth-order valence-corrected chi connectivity index (χ4v) is 1.81. The van der Waals surface area contributed by atoms with Crippen LogP contribution in [-0.4, -0.2) is 24.3 Å². The average molecular weight is 258 g/mol. The van der Waals surface area contributed by atoms with Crippen LogP contribution in [0.15, 0.2) is 0 Å². The van der Waals surface area contributed by atoms with Crippen LogP contribution in [0.2, 0.25) is 0 Å². The molecule has 3 heteroatoms. The van der Waals surface area contributed by atoms with Crippen LogP contribution in [-0.2, 0) is 9.53 Å². The van der Waals surface area contributed by atoms with Gasteiger partial charge in [-0.2, -0.15) is 0 Å². The van der Waals surface area contributed by atoms with Crippen molar-refractivity contribution in [2.45, 2.75) is 72.1 Å². The van der Waals surface area contributed by atoms with Crippen molar-refractivity contribution in [1.29, 1.82) is 0 Å². The molecule has 108 valence electrons. The van der Waals surface area contributed by atoms with Crippen LogP contribution < -0.4 is 0 Å². The smallest absolute Gasteiger partial charge is 0.309 e. The second kappa shape index (κ2) is 10.4. The van der Waals surface area contributed by atoms with Crippen molar-refractivity contribution >= 4 is 5.97 Å². The van der Waals surface area contributed by atoms with Gasteiger partial charge in [0.15, 0.2) is 0 Å². The number of ether oxygens (including phenoxy) is 1. The highest BCUT2D eigenvalue weighted by Gasteiger charge is 2.25. The Kier molecular flexibility index (Phi) is 10.0. The fraction of sp³-hybridized carbons (Fsp3) is 0.933. The summed E-state index contributed by atoms with van der Waals surface area (Å²) in [4.78, 5) is 10.9. The molecule has 0 rings (SSSR count). The summed E-state index contributed by atoms with van der Waals surface area (Å²) in [7, 11) is 0.